The fourth-order valence-electron chi connectivity index (χ4n) is 2.82. The summed E-state index contributed by atoms with van der Waals surface area (Å²) in [5, 5.41) is 6.71. The van der Waals surface area contributed by atoms with E-state index in [0.717, 1.165) is 42.6 Å². The highest BCUT2D eigenvalue weighted by atomic mass is 35.5. The van der Waals surface area contributed by atoms with Crippen molar-refractivity contribution in [3.05, 3.63) is 40.4 Å². The number of carbonyl (C=O) groups is 1. The number of amides is 1. The Balaban J connectivity index is 1.57. The third-order valence-corrected chi connectivity index (χ3v) is 5.70. The molecule has 24 heavy (non-hydrogen) atoms. The van der Waals surface area contributed by atoms with E-state index < -0.39 is 0 Å². The maximum Gasteiger partial charge on any atom is 0.241 e. The van der Waals surface area contributed by atoms with Gasteiger partial charge in [0.25, 0.3) is 0 Å². The van der Waals surface area contributed by atoms with Gasteiger partial charge in [-0.25, -0.2) is 4.98 Å². The van der Waals surface area contributed by atoms with Gasteiger partial charge in [0.15, 0.2) is 5.13 Å². The van der Waals surface area contributed by atoms with Gasteiger partial charge in [0.2, 0.25) is 5.91 Å². The molecule has 1 aliphatic heterocycles. The lowest BCUT2D eigenvalue weighted by atomic mass is 10.1. The standard InChI is InChI=1S/C17H21ClN4OS/c1-12-14(18)4-3-5-15(12)20-16(23)13(2)21-7-9-22(10-8-21)17-19-6-11-24-17/h3-6,11,13H,7-10H2,1-2H3,(H,20,23)/t13-/m1/s1. The molecule has 1 aromatic heterocycles. The second-order valence-electron chi connectivity index (χ2n) is 5.92. The van der Waals surface area contributed by atoms with Crippen molar-refractivity contribution in [2.24, 2.45) is 0 Å². The van der Waals surface area contributed by atoms with Gasteiger partial charge in [-0.15, -0.1) is 11.3 Å². The molecule has 5 nitrogen and oxygen atoms in total. The zero-order valence-corrected chi connectivity index (χ0v) is 15.4. The molecule has 0 unspecified atom stereocenters. The minimum absolute atomic E-state index is 0.00284. The molecule has 0 bridgehead atoms. The predicted molar refractivity (Wildman–Crippen MR) is 100 cm³/mol. The van der Waals surface area contributed by atoms with Crippen molar-refractivity contribution >= 4 is 39.7 Å². The molecule has 1 atom stereocenters. The topological polar surface area (TPSA) is 48.5 Å². The Bertz CT molecular complexity index is 699. The number of benzene rings is 1. The van der Waals surface area contributed by atoms with Crippen LogP contribution in [-0.4, -0.2) is 48.0 Å². The summed E-state index contributed by atoms with van der Waals surface area (Å²) < 4.78 is 0. The van der Waals surface area contributed by atoms with Crippen LogP contribution >= 0.6 is 22.9 Å². The molecule has 0 spiro atoms. The number of aromatic nitrogens is 1. The molecule has 128 valence electrons. The number of nitrogens with one attached hydrogen (secondary N) is 1. The molecule has 0 aliphatic carbocycles. The Hall–Kier alpha value is -1.63. The first-order chi connectivity index (χ1) is 11.6. The summed E-state index contributed by atoms with van der Waals surface area (Å²) in [6.45, 7) is 7.34. The lowest BCUT2D eigenvalue weighted by molar-refractivity contribution is -0.120. The zero-order valence-electron chi connectivity index (χ0n) is 13.8. The highest BCUT2D eigenvalue weighted by Crippen LogP contribution is 2.24. The SMILES string of the molecule is Cc1c(Cl)cccc1NC(=O)[C@@H](C)N1CCN(c2nccs2)CC1. The number of carbonyl (C=O) groups excluding carboxylic acids is 1. The Kier molecular flexibility index (Phi) is 5.38. The Morgan fingerprint density at radius 3 is 2.75 bits per heavy atom. The van der Waals surface area contributed by atoms with Gasteiger partial charge in [0.05, 0.1) is 6.04 Å². The average Bonchev–Trinajstić information content (AvgIpc) is 3.13. The predicted octanol–water partition coefficient (Wildman–Crippen LogP) is 3.25. The summed E-state index contributed by atoms with van der Waals surface area (Å²) in [5.74, 6) is 0.00284. The van der Waals surface area contributed by atoms with E-state index in [0.29, 0.717) is 5.02 Å². The molecule has 0 saturated carbocycles. The lowest BCUT2D eigenvalue weighted by Gasteiger charge is -2.37. The number of anilines is 2. The Labute approximate surface area is 151 Å². The van der Waals surface area contributed by atoms with Crippen LogP contribution in [-0.2, 0) is 4.79 Å². The monoisotopic (exact) mass is 364 g/mol. The largest absolute Gasteiger partial charge is 0.346 e. The van der Waals surface area contributed by atoms with Crippen molar-refractivity contribution in [2.75, 3.05) is 36.4 Å². The molecular weight excluding hydrogens is 344 g/mol. The van der Waals surface area contributed by atoms with E-state index in [-0.39, 0.29) is 11.9 Å². The summed E-state index contributed by atoms with van der Waals surface area (Å²) in [6, 6.07) is 5.38. The van der Waals surface area contributed by atoms with Crippen LogP contribution in [0.4, 0.5) is 10.8 Å². The molecule has 0 radical (unpaired) electrons. The molecule has 2 heterocycles. The van der Waals surface area contributed by atoms with Gasteiger partial charge in [0.1, 0.15) is 0 Å². The second kappa shape index (κ2) is 7.51. The van der Waals surface area contributed by atoms with Crippen LogP contribution in [0.3, 0.4) is 0 Å². The first-order valence-corrected chi connectivity index (χ1v) is 9.26. The molecule has 1 aromatic carbocycles. The van der Waals surface area contributed by atoms with Crippen molar-refractivity contribution in [1.29, 1.82) is 0 Å². The molecule has 1 saturated heterocycles. The van der Waals surface area contributed by atoms with Crippen molar-refractivity contribution in [3.63, 3.8) is 0 Å². The first-order valence-electron chi connectivity index (χ1n) is 8.00. The quantitative estimate of drug-likeness (QED) is 0.904. The molecule has 3 rings (SSSR count). The minimum Gasteiger partial charge on any atom is -0.346 e. The molecule has 7 heteroatoms. The highest BCUT2D eigenvalue weighted by molar-refractivity contribution is 7.13. The van der Waals surface area contributed by atoms with Gasteiger partial charge in [-0.05, 0) is 31.5 Å². The van der Waals surface area contributed by atoms with E-state index in [9.17, 15) is 4.79 Å². The van der Waals surface area contributed by atoms with Crippen molar-refractivity contribution < 1.29 is 4.79 Å². The number of nitrogens with zero attached hydrogens (tertiary/aromatic N) is 3. The number of hydrogen-bond donors (Lipinski definition) is 1. The van der Waals surface area contributed by atoms with Gasteiger partial charge < -0.3 is 10.2 Å². The molecule has 2 aromatic rings. The summed E-state index contributed by atoms with van der Waals surface area (Å²) in [5.41, 5.74) is 1.68. The van der Waals surface area contributed by atoms with Crippen molar-refractivity contribution in [3.8, 4) is 0 Å². The van der Waals surface area contributed by atoms with Gasteiger partial charge in [-0.3, -0.25) is 9.69 Å². The van der Waals surface area contributed by atoms with Gasteiger partial charge >= 0.3 is 0 Å². The van der Waals surface area contributed by atoms with Crippen LogP contribution in [0.15, 0.2) is 29.8 Å². The number of rotatable bonds is 4. The van der Waals surface area contributed by atoms with Crippen LogP contribution in [0.25, 0.3) is 0 Å². The van der Waals surface area contributed by atoms with Gasteiger partial charge in [0, 0.05) is 48.5 Å². The van der Waals surface area contributed by atoms with Crippen LogP contribution < -0.4 is 10.2 Å². The van der Waals surface area contributed by atoms with E-state index in [1.807, 2.05) is 43.6 Å². The molecule has 1 amide bonds. The van der Waals surface area contributed by atoms with Crippen LogP contribution in [0.1, 0.15) is 12.5 Å². The second-order valence-corrected chi connectivity index (χ2v) is 7.20. The fraction of sp³-hybridized carbons (Fsp3) is 0.412. The maximum atomic E-state index is 12.6. The summed E-state index contributed by atoms with van der Waals surface area (Å²) in [6.07, 6.45) is 1.83. The third-order valence-electron chi connectivity index (χ3n) is 4.46. The maximum absolute atomic E-state index is 12.6. The van der Waals surface area contributed by atoms with Gasteiger partial charge in [-0.1, -0.05) is 17.7 Å². The number of piperazine rings is 1. The first kappa shape index (κ1) is 17.2. The normalized spacial score (nSPS) is 16.9. The minimum atomic E-state index is -0.179. The number of halogens is 1. The molecular formula is C17H21ClN4OS. The third kappa shape index (κ3) is 3.71. The summed E-state index contributed by atoms with van der Waals surface area (Å²) >= 11 is 7.77. The van der Waals surface area contributed by atoms with E-state index in [1.54, 1.807) is 11.3 Å². The fourth-order valence-corrected chi connectivity index (χ4v) is 3.69. The van der Waals surface area contributed by atoms with Crippen LogP contribution in [0.2, 0.25) is 5.02 Å². The zero-order chi connectivity index (χ0) is 17.1. The number of thiazole rings is 1. The summed E-state index contributed by atoms with van der Waals surface area (Å²) in [7, 11) is 0. The summed E-state index contributed by atoms with van der Waals surface area (Å²) in [4.78, 5) is 21.4. The van der Waals surface area contributed by atoms with Crippen molar-refractivity contribution in [1.82, 2.24) is 9.88 Å². The van der Waals surface area contributed by atoms with Gasteiger partial charge in [-0.2, -0.15) is 0 Å². The average molecular weight is 365 g/mol. The molecule has 1 fully saturated rings. The number of hydrogen-bond acceptors (Lipinski definition) is 5. The highest BCUT2D eigenvalue weighted by Gasteiger charge is 2.26. The van der Waals surface area contributed by atoms with Crippen LogP contribution in [0.5, 0.6) is 0 Å². The smallest absolute Gasteiger partial charge is 0.241 e. The Morgan fingerprint density at radius 1 is 1.33 bits per heavy atom. The van der Waals surface area contributed by atoms with E-state index in [4.69, 9.17) is 11.6 Å². The lowest BCUT2D eigenvalue weighted by Crippen LogP contribution is -2.52. The molecule has 1 aliphatic rings. The van der Waals surface area contributed by atoms with E-state index >= 15 is 0 Å². The molecule has 1 N–H and O–H groups in total. The van der Waals surface area contributed by atoms with Crippen LogP contribution in [0, 0.1) is 6.92 Å². The van der Waals surface area contributed by atoms with Crippen molar-refractivity contribution in [2.45, 2.75) is 19.9 Å². The Morgan fingerprint density at radius 2 is 2.08 bits per heavy atom. The van der Waals surface area contributed by atoms with E-state index in [1.165, 1.54) is 0 Å². The van der Waals surface area contributed by atoms with E-state index in [2.05, 4.69) is 20.1 Å².